The Kier molecular flexibility index (Phi) is 9.65. The zero-order valence-electron chi connectivity index (χ0n) is 25.0. The summed E-state index contributed by atoms with van der Waals surface area (Å²) in [4.78, 5) is 27.4. The summed E-state index contributed by atoms with van der Waals surface area (Å²) >= 11 is 0. The molecule has 5 rings (SSSR count). The highest BCUT2D eigenvalue weighted by atomic mass is 16.6. The van der Waals surface area contributed by atoms with E-state index >= 15 is 0 Å². The second-order valence-corrected chi connectivity index (χ2v) is 10.5. The van der Waals surface area contributed by atoms with E-state index in [-0.39, 0.29) is 18.6 Å². The lowest BCUT2D eigenvalue weighted by Gasteiger charge is -2.37. The Hall–Kier alpha value is -4.62. The van der Waals surface area contributed by atoms with Gasteiger partial charge in [-0.15, -0.1) is 0 Å². The number of unbranched alkanes of at least 4 members (excludes halogenated alkanes) is 1. The molecular weight excluding hydrogens is 560 g/mol. The molecule has 1 aliphatic rings. The lowest BCUT2D eigenvalue weighted by atomic mass is 9.80. The van der Waals surface area contributed by atoms with Crippen LogP contribution in [0.25, 0.3) is 0 Å². The lowest BCUT2D eigenvalue weighted by Crippen LogP contribution is -2.38. The summed E-state index contributed by atoms with van der Waals surface area (Å²) in [6, 6.07) is 25.1. The Morgan fingerprint density at radius 3 is 2.09 bits per heavy atom. The minimum atomic E-state index is -1.10. The number of aliphatic hydroxyl groups excluding tert-OH is 1. The van der Waals surface area contributed by atoms with Crippen LogP contribution in [0.15, 0.2) is 94.6 Å². The van der Waals surface area contributed by atoms with Gasteiger partial charge >= 0.3 is 5.69 Å². The number of nitrogens with one attached hydrogen (secondary N) is 1. The van der Waals surface area contributed by atoms with E-state index in [0.29, 0.717) is 17.9 Å². The van der Waals surface area contributed by atoms with Crippen LogP contribution in [-0.4, -0.2) is 47.7 Å². The molecule has 3 atom stereocenters. The zero-order chi connectivity index (χ0) is 31.1. The van der Waals surface area contributed by atoms with Crippen LogP contribution in [0, 0.1) is 11.8 Å². The molecule has 0 unspecified atom stereocenters. The van der Waals surface area contributed by atoms with Crippen molar-refractivity contribution in [2.75, 3.05) is 20.8 Å². The standard InChI is InChI=1S/C35H36N2O7/c1-4-5-7-10-24-22-37(34(40)36-33(24)39)32-21-30(38)31(44-32)23-43-35(25-11-8-6-9-12-25,26-13-17-28(41-2)18-14-26)27-15-19-29(42-3)20-16-27/h6,8-9,11-20,22,30-32,38H,4-5,21,23H2,1-3H3,(H,36,39,40)/t30-,31+,32+/m0/s1. The van der Waals surface area contributed by atoms with Gasteiger partial charge < -0.3 is 24.1 Å². The zero-order valence-corrected chi connectivity index (χ0v) is 25.0. The van der Waals surface area contributed by atoms with Crippen LogP contribution in [0.3, 0.4) is 0 Å². The Bertz CT molecular complexity index is 1670. The Morgan fingerprint density at radius 2 is 1.52 bits per heavy atom. The van der Waals surface area contributed by atoms with Crippen molar-refractivity contribution in [2.24, 2.45) is 0 Å². The highest BCUT2D eigenvalue weighted by Crippen LogP contribution is 2.42. The third kappa shape index (κ3) is 6.33. The van der Waals surface area contributed by atoms with E-state index in [1.54, 1.807) is 14.2 Å². The van der Waals surface area contributed by atoms with Crippen molar-refractivity contribution < 1.29 is 24.1 Å². The molecule has 9 heteroatoms. The first-order valence-corrected chi connectivity index (χ1v) is 14.6. The van der Waals surface area contributed by atoms with Crippen molar-refractivity contribution >= 4 is 0 Å². The number of benzene rings is 3. The third-order valence-corrected chi connectivity index (χ3v) is 7.72. The quantitative estimate of drug-likeness (QED) is 0.207. The van der Waals surface area contributed by atoms with Crippen molar-refractivity contribution in [1.29, 1.82) is 0 Å². The smallest absolute Gasteiger partial charge is 0.330 e. The second-order valence-electron chi connectivity index (χ2n) is 10.5. The fourth-order valence-electron chi connectivity index (χ4n) is 5.39. The van der Waals surface area contributed by atoms with Gasteiger partial charge in [0, 0.05) is 19.0 Å². The number of hydrogen-bond acceptors (Lipinski definition) is 7. The summed E-state index contributed by atoms with van der Waals surface area (Å²) in [5.41, 5.74) is 0.420. The lowest BCUT2D eigenvalue weighted by molar-refractivity contribution is -0.0944. The first kappa shape index (κ1) is 30.8. The van der Waals surface area contributed by atoms with E-state index in [9.17, 15) is 14.7 Å². The van der Waals surface area contributed by atoms with Crippen molar-refractivity contribution in [3.05, 3.63) is 128 Å². The van der Waals surface area contributed by atoms with Crippen LogP contribution in [0.4, 0.5) is 0 Å². The van der Waals surface area contributed by atoms with Crippen LogP contribution in [0.2, 0.25) is 0 Å². The molecule has 1 aromatic heterocycles. The number of hydrogen-bond donors (Lipinski definition) is 2. The highest BCUT2D eigenvalue weighted by Gasteiger charge is 2.42. The van der Waals surface area contributed by atoms with Gasteiger partial charge in [-0.25, -0.2) is 4.79 Å². The maximum atomic E-state index is 12.7. The summed E-state index contributed by atoms with van der Waals surface area (Å²) < 4.78 is 25.2. The van der Waals surface area contributed by atoms with Gasteiger partial charge in [0.05, 0.1) is 26.9 Å². The molecule has 0 aliphatic carbocycles. The van der Waals surface area contributed by atoms with Crippen molar-refractivity contribution in [1.82, 2.24) is 9.55 Å². The Balaban J connectivity index is 1.50. The molecule has 4 aromatic rings. The van der Waals surface area contributed by atoms with Gasteiger partial charge in [0.1, 0.15) is 35.0 Å². The molecular formula is C35H36N2O7. The van der Waals surface area contributed by atoms with E-state index < -0.39 is 35.3 Å². The molecule has 1 aliphatic heterocycles. The van der Waals surface area contributed by atoms with E-state index in [2.05, 4.69) is 16.8 Å². The number of aromatic nitrogens is 2. The average molecular weight is 597 g/mol. The molecule has 3 aromatic carbocycles. The first-order chi connectivity index (χ1) is 21.4. The van der Waals surface area contributed by atoms with Gasteiger partial charge in [0.2, 0.25) is 0 Å². The Labute approximate surface area is 256 Å². The summed E-state index contributed by atoms with van der Waals surface area (Å²) in [6.07, 6.45) is 0.479. The monoisotopic (exact) mass is 596 g/mol. The van der Waals surface area contributed by atoms with E-state index in [0.717, 1.165) is 23.1 Å². The topological polar surface area (TPSA) is 112 Å². The minimum absolute atomic E-state index is 0.00805. The SMILES string of the molecule is CCCC#Cc1cn([C@H]2C[C@H](O)[C@@H](COC(c3ccccc3)(c3ccc(OC)cc3)c3ccc(OC)cc3)O2)c(=O)[nH]c1=O. The van der Waals surface area contributed by atoms with Crippen LogP contribution in [0.1, 0.15) is 54.7 Å². The normalized spacial score (nSPS) is 18.0. The number of H-pyrrole nitrogens is 1. The van der Waals surface area contributed by atoms with Gasteiger partial charge in [-0.1, -0.05) is 73.4 Å². The molecule has 0 amide bonds. The maximum Gasteiger partial charge on any atom is 0.330 e. The summed E-state index contributed by atoms with van der Waals surface area (Å²) in [7, 11) is 3.23. The summed E-state index contributed by atoms with van der Waals surface area (Å²) in [5, 5.41) is 11.1. The second kappa shape index (κ2) is 13.8. The largest absolute Gasteiger partial charge is 0.497 e. The third-order valence-electron chi connectivity index (χ3n) is 7.72. The van der Waals surface area contributed by atoms with Crippen molar-refractivity contribution in [3.8, 4) is 23.3 Å². The van der Waals surface area contributed by atoms with Crippen LogP contribution >= 0.6 is 0 Å². The number of nitrogens with zero attached hydrogens (tertiary/aromatic N) is 1. The van der Waals surface area contributed by atoms with Gasteiger partial charge in [-0.05, 0) is 47.4 Å². The molecule has 44 heavy (non-hydrogen) atoms. The molecule has 9 nitrogen and oxygen atoms in total. The molecule has 1 saturated heterocycles. The number of aromatic amines is 1. The predicted octanol–water partition coefficient (Wildman–Crippen LogP) is 4.36. The van der Waals surface area contributed by atoms with Gasteiger partial charge in [-0.2, -0.15) is 0 Å². The fraction of sp³-hybridized carbons (Fsp3) is 0.314. The number of ether oxygens (including phenoxy) is 4. The number of methoxy groups -OCH3 is 2. The van der Waals surface area contributed by atoms with E-state index in [4.69, 9.17) is 18.9 Å². The van der Waals surface area contributed by atoms with Gasteiger partial charge in [-0.3, -0.25) is 14.3 Å². The maximum absolute atomic E-state index is 12.7. The van der Waals surface area contributed by atoms with Gasteiger partial charge in [0.25, 0.3) is 5.56 Å². The molecule has 1 fully saturated rings. The molecule has 0 spiro atoms. The molecule has 0 radical (unpaired) electrons. The van der Waals surface area contributed by atoms with E-state index in [1.807, 2.05) is 85.8 Å². The first-order valence-electron chi connectivity index (χ1n) is 14.6. The predicted molar refractivity (Wildman–Crippen MR) is 166 cm³/mol. The van der Waals surface area contributed by atoms with Crippen LogP contribution in [0.5, 0.6) is 11.5 Å². The number of aliphatic hydroxyl groups is 1. The number of rotatable bonds is 10. The Morgan fingerprint density at radius 1 is 0.932 bits per heavy atom. The fourth-order valence-corrected chi connectivity index (χ4v) is 5.39. The molecule has 2 heterocycles. The van der Waals surface area contributed by atoms with Crippen molar-refractivity contribution in [3.63, 3.8) is 0 Å². The molecule has 0 saturated carbocycles. The van der Waals surface area contributed by atoms with Crippen LogP contribution < -0.4 is 20.7 Å². The highest BCUT2D eigenvalue weighted by molar-refractivity contribution is 5.49. The van der Waals surface area contributed by atoms with E-state index in [1.165, 1.54) is 10.8 Å². The van der Waals surface area contributed by atoms with Crippen molar-refractivity contribution in [2.45, 2.75) is 50.2 Å². The van der Waals surface area contributed by atoms with Gasteiger partial charge in [0.15, 0.2) is 0 Å². The summed E-state index contributed by atoms with van der Waals surface area (Å²) in [5.74, 6) is 7.17. The average Bonchev–Trinajstić information content (AvgIpc) is 3.43. The molecule has 0 bridgehead atoms. The minimum Gasteiger partial charge on any atom is -0.497 e. The summed E-state index contributed by atoms with van der Waals surface area (Å²) in [6.45, 7) is 1.98. The molecule has 2 N–H and O–H groups in total. The molecule has 228 valence electrons. The van der Waals surface area contributed by atoms with Crippen LogP contribution in [-0.2, 0) is 15.1 Å².